The summed E-state index contributed by atoms with van der Waals surface area (Å²) in [6, 6.07) is 14.6. The normalized spacial score (nSPS) is 28.8. The van der Waals surface area contributed by atoms with Gasteiger partial charge in [0, 0.05) is 55.3 Å². The van der Waals surface area contributed by atoms with Crippen molar-refractivity contribution in [2.24, 2.45) is 5.92 Å². The molecule has 1 unspecified atom stereocenters. The molecule has 2 saturated heterocycles. The van der Waals surface area contributed by atoms with Gasteiger partial charge in [-0.3, -0.25) is 4.90 Å². The van der Waals surface area contributed by atoms with Crippen molar-refractivity contribution in [3.63, 3.8) is 0 Å². The van der Waals surface area contributed by atoms with Gasteiger partial charge in [0.25, 0.3) is 0 Å². The molecule has 0 amide bonds. The smallest absolute Gasteiger partial charge is 0.109 e. The highest BCUT2D eigenvalue weighted by molar-refractivity contribution is 9.10. The number of aliphatic hydroxyl groups is 1. The lowest BCUT2D eigenvalue weighted by molar-refractivity contribution is -0.130. The molecule has 3 heterocycles. The number of likely N-dealkylation sites (N-methyl/N-ethyl adjacent to an activating group) is 1. The molecule has 3 atom stereocenters. The third-order valence-corrected chi connectivity index (χ3v) is 9.81. The predicted molar refractivity (Wildman–Crippen MR) is 144 cm³/mol. The fourth-order valence-electron chi connectivity index (χ4n) is 7.12. The van der Waals surface area contributed by atoms with Crippen LogP contribution in [-0.4, -0.2) is 66.3 Å². The van der Waals surface area contributed by atoms with Gasteiger partial charge in [0.1, 0.15) is 5.60 Å². The first-order chi connectivity index (χ1) is 16.8. The molecule has 3 aliphatic rings. The number of piperidine rings is 2. The van der Waals surface area contributed by atoms with E-state index >= 15 is 0 Å². The number of halogens is 2. The Kier molecular flexibility index (Phi) is 6.06. The van der Waals surface area contributed by atoms with Crippen LogP contribution in [-0.2, 0) is 22.4 Å². The van der Waals surface area contributed by atoms with E-state index < -0.39 is 5.60 Å². The third kappa shape index (κ3) is 3.89. The van der Waals surface area contributed by atoms with Crippen molar-refractivity contribution >= 4 is 38.4 Å². The van der Waals surface area contributed by atoms with Gasteiger partial charge >= 0.3 is 0 Å². The van der Waals surface area contributed by atoms with Crippen LogP contribution in [0.3, 0.4) is 0 Å². The number of fused-ring (bicyclic) bond motifs is 2. The number of benzene rings is 2. The number of nitrogens with zero attached hydrogens (tertiary/aromatic N) is 2. The van der Waals surface area contributed by atoms with Crippen molar-refractivity contribution in [1.29, 1.82) is 0 Å². The van der Waals surface area contributed by atoms with Gasteiger partial charge < -0.3 is 19.7 Å². The van der Waals surface area contributed by atoms with Crippen molar-refractivity contribution in [2.45, 2.75) is 42.9 Å². The first-order valence-electron chi connectivity index (χ1n) is 12.6. The standard InChI is InChI=1S/C28H33BrClN3O2/c1-32-16-18(17-33-12-10-27(34,11-13-33)19-6-8-20(30)9-7-19)15-28(35-2)22-4-3-5-23-25(22)21(14-24(28)32)26(29)31-23/h3-9,18,24,31,34H,10-17H2,1-2H3/t18-,24-,28?/m1/s1. The lowest BCUT2D eigenvalue weighted by Crippen LogP contribution is -2.60. The number of H-pyrrole nitrogens is 1. The van der Waals surface area contributed by atoms with Gasteiger partial charge in [-0.15, -0.1) is 0 Å². The fraction of sp³-hybridized carbons (Fsp3) is 0.500. The van der Waals surface area contributed by atoms with Gasteiger partial charge in [-0.25, -0.2) is 0 Å². The van der Waals surface area contributed by atoms with Crippen molar-refractivity contribution in [1.82, 2.24) is 14.8 Å². The van der Waals surface area contributed by atoms with Crippen LogP contribution in [0.25, 0.3) is 10.9 Å². The minimum absolute atomic E-state index is 0.310. The first kappa shape index (κ1) is 24.0. The predicted octanol–water partition coefficient (Wildman–Crippen LogP) is 5.29. The van der Waals surface area contributed by atoms with Gasteiger partial charge in [-0.2, -0.15) is 0 Å². The zero-order valence-electron chi connectivity index (χ0n) is 20.4. The second-order valence-electron chi connectivity index (χ2n) is 10.8. The van der Waals surface area contributed by atoms with Crippen LogP contribution in [0.2, 0.25) is 5.02 Å². The van der Waals surface area contributed by atoms with Crippen LogP contribution in [0.1, 0.15) is 36.0 Å². The molecule has 7 heteroatoms. The Morgan fingerprint density at radius 2 is 1.91 bits per heavy atom. The number of hydrogen-bond donors (Lipinski definition) is 2. The van der Waals surface area contributed by atoms with E-state index in [0.717, 1.165) is 62.0 Å². The Hall–Kier alpha value is -1.41. The minimum Gasteiger partial charge on any atom is -0.385 e. The monoisotopic (exact) mass is 557 g/mol. The average molecular weight is 559 g/mol. The molecule has 2 aromatic carbocycles. The molecule has 0 bridgehead atoms. The van der Waals surface area contributed by atoms with Crippen LogP contribution in [0, 0.1) is 5.92 Å². The molecule has 1 aliphatic carbocycles. The van der Waals surface area contributed by atoms with E-state index in [-0.39, 0.29) is 5.60 Å². The van der Waals surface area contributed by atoms with Crippen LogP contribution < -0.4 is 0 Å². The van der Waals surface area contributed by atoms with Gasteiger partial charge in [0.2, 0.25) is 0 Å². The quantitative estimate of drug-likeness (QED) is 0.457. The molecular weight excluding hydrogens is 526 g/mol. The van der Waals surface area contributed by atoms with E-state index in [1.807, 2.05) is 31.4 Å². The molecule has 186 valence electrons. The van der Waals surface area contributed by atoms with Gasteiger partial charge in [0.15, 0.2) is 0 Å². The largest absolute Gasteiger partial charge is 0.385 e. The SMILES string of the molecule is COC12C[C@@H](CN3CCC(O)(c4ccc(Cl)cc4)CC3)CN(C)[C@@H]1Cc1c(Br)[nH]c3cccc2c13. The number of methoxy groups -OCH3 is 1. The highest BCUT2D eigenvalue weighted by atomic mass is 79.9. The second-order valence-corrected chi connectivity index (χ2v) is 12.0. The summed E-state index contributed by atoms with van der Waals surface area (Å²) in [7, 11) is 4.15. The van der Waals surface area contributed by atoms with Crippen molar-refractivity contribution in [3.8, 4) is 0 Å². The maximum Gasteiger partial charge on any atom is 0.109 e. The maximum absolute atomic E-state index is 11.3. The molecular formula is C28H33BrClN3O2. The van der Waals surface area contributed by atoms with E-state index in [0.29, 0.717) is 17.0 Å². The number of hydrogen-bond acceptors (Lipinski definition) is 4. The van der Waals surface area contributed by atoms with Crippen LogP contribution in [0.5, 0.6) is 0 Å². The number of nitrogens with one attached hydrogen (secondary N) is 1. The van der Waals surface area contributed by atoms with Gasteiger partial charge in [0.05, 0.1) is 10.2 Å². The van der Waals surface area contributed by atoms with Crippen molar-refractivity contribution in [3.05, 3.63) is 68.8 Å². The molecule has 2 aliphatic heterocycles. The lowest BCUT2D eigenvalue weighted by Gasteiger charge is -2.54. The van der Waals surface area contributed by atoms with Crippen molar-refractivity contribution in [2.75, 3.05) is 40.3 Å². The summed E-state index contributed by atoms with van der Waals surface area (Å²) < 4.78 is 7.59. The summed E-state index contributed by atoms with van der Waals surface area (Å²) in [6.45, 7) is 3.88. The summed E-state index contributed by atoms with van der Waals surface area (Å²) in [5.74, 6) is 0.497. The highest BCUT2D eigenvalue weighted by Gasteiger charge is 2.52. The van der Waals surface area contributed by atoms with Crippen molar-refractivity contribution < 1.29 is 9.84 Å². The Morgan fingerprint density at radius 1 is 1.17 bits per heavy atom. The van der Waals surface area contributed by atoms with E-state index in [9.17, 15) is 5.11 Å². The zero-order chi connectivity index (χ0) is 24.4. The minimum atomic E-state index is -0.764. The molecule has 2 fully saturated rings. The number of ether oxygens (including phenoxy) is 1. The highest BCUT2D eigenvalue weighted by Crippen LogP contribution is 2.51. The number of likely N-dealkylation sites (tertiary alicyclic amines) is 2. The number of rotatable bonds is 4. The van der Waals surface area contributed by atoms with Gasteiger partial charge in [-0.05, 0) is 89.5 Å². The summed E-state index contributed by atoms with van der Waals surface area (Å²) in [5.41, 5.74) is 3.77. The molecule has 6 rings (SSSR count). The fourth-order valence-corrected chi connectivity index (χ4v) is 7.82. The topological polar surface area (TPSA) is 51.7 Å². The molecule has 1 aromatic heterocycles. The summed E-state index contributed by atoms with van der Waals surface area (Å²) >= 11 is 9.83. The molecule has 3 aromatic rings. The summed E-state index contributed by atoms with van der Waals surface area (Å²) in [6.07, 6.45) is 3.48. The van der Waals surface area contributed by atoms with E-state index in [4.69, 9.17) is 16.3 Å². The summed E-state index contributed by atoms with van der Waals surface area (Å²) in [5, 5.41) is 13.3. The Balaban J connectivity index is 1.22. The first-order valence-corrected chi connectivity index (χ1v) is 13.8. The number of aromatic amines is 1. The lowest BCUT2D eigenvalue weighted by atomic mass is 9.68. The zero-order valence-corrected chi connectivity index (χ0v) is 22.7. The van der Waals surface area contributed by atoms with E-state index in [1.54, 1.807) is 0 Å². The summed E-state index contributed by atoms with van der Waals surface area (Å²) in [4.78, 5) is 8.59. The maximum atomic E-state index is 11.3. The Bertz CT molecular complexity index is 1240. The van der Waals surface area contributed by atoms with E-state index in [1.165, 1.54) is 22.0 Å². The molecule has 35 heavy (non-hydrogen) atoms. The second kappa shape index (κ2) is 8.86. The molecule has 0 radical (unpaired) electrons. The molecule has 0 saturated carbocycles. The Morgan fingerprint density at radius 3 is 2.63 bits per heavy atom. The molecule has 2 N–H and O–H groups in total. The third-order valence-electron chi connectivity index (χ3n) is 8.88. The van der Waals surface area contributed by atoms with Crippen LogP contribution >= 0.6 is 27.5 Å². The van der Waals surface area contributed by atoms with Crippen LogP contribution in [0.4, 0.5) is 0 Å². The van der Waals surface area contributed by atoms with Gasteiger partial charge in [-0.1, -0.05) is 35.9 Å². The molecule has 5 nitrogen and oxygen atoms in total. The Labute approximate surface area is 220 Å². The van der Waals surface area contributed by atoms with E-state index in [2.05, 4.69) is 56.0 Å². The molecule has 0 spiro atoms. The number of aromatic nitrogens is 1. The average Bonchev–Trinajstić information content (AvgIpc) is 3.18. The van der Waals surface area contributed by atoms with Crippen LogP contribution in [0.15, 0.2) is 47.1 Å².